The molecule has 1 saturated heterocycles. The lowest BCUT2D eigenvalue weighted by Gasteiger charge is -2.42. The number of benzene rings is 1. The van der Waals surface area contributed by atoms with Crippen molar-refractivity contribution < 1.29 is 14.3 Å². The zero-order valence-electron chi connectivity index (χ0n) is 17.1. The predicted molar refractivity (Wildman–Crippen MR) is 111 cm³/mol. The average Bonchev–Trinajstić information content (AvgIpc) is 3.47. The highest BCUT2D eigenvalue weighted by molar-refractivity contribution is 5.95. The molecule has 29 heavy (non-hydrogen) atoms. The second kappa shape index (κ2) is 7.13. The summed E-state index contributed by atoms with van der Waals surface area (Å²) in [4.78, 5) is 26.3. The fraction of sp³-hybridized carbons (Fsp3) is 0.545. The molecule has 2 fully saturated rings. The van der Waals surface area contributed by atoms with E-state index in [-0.39, 0.29) is 23.0 Å². The Morgan fingerprint density at radius 2 is 2.03 bits per heavy atom. The Morgan fingerprint density at radius 3 is 2.59 bits per heavy atom. The van der Waals surface area contributed by atoms with E-state index in [1.807, 2.05) is 16.4 Å². The van der Waals surface area contributed by atoms with E-state index in [9.17, 15) is 14.7 Å². The van der Waals surface area contributed by atoms with Crippen LogP contribution in [0.1, 0.15) is 55.1 Å². The van der Waals surface area contributed by atoms with Gasteiger partial charge >= 0.3 is 5.97 Å². The lowest BCUT2D eigenvalue weighted by molar-refractivity contribution is 0.0695. The van der Waals surface area contributed by atoms with E-state index in [4.69, 9.17) is 5.73 Å². The number of piperidine rings is 1. The highest BCUT2D eigenvalue weighted by Crippen LogP contribution is 2.41. The van der Waals surface area contributed by atoms with E-state index < -0.39 is 17.2 Å². The van der Waals surface area contributed by atoms with Crippen molar-refractivity contribution >= 4 is 22.6 Å². The van der Waals surface area contributed by atoms with Crippen LogP contribution in [0, 0.1) is 24.6 Å². The van der Waals surface area contributed by atoms with Gasteiger partial charge < -0.3 is 20.3 Å². The van der Waals surface area contributed by atoms with Gasteiger partial charge in [-0.3, -0.25) is 4.79 Å². The van der Waals surface area contributed by atoms with Crippen LogP contribution < -0.4 is 16.1 Å². The maximum Gasteiger partial charge on any atom is 0.341 e. The van der Waals surface area contributed by atoms with Gasteiger partial charge in [-0.05, 0) is 43.2 Å². The van der Waals surface area contributed by atoms with Crippen molar-refractivity contribution in [1.29, 1.82) is 0 Å². The van der Waals surface area contributed by atoms with E-state index in [1.54, 1.807) is 0 Å². The summed E-state index contributed by atoms with van der Waals surface area (Å²) in [6.07, 6.45) is 4.27. The Bertz CT molecular complexity index is 1030. The van der Waals surface area contributed by atoms with Gasteiger partial charge in [-0.15, -0.1) is 0 Å². The second-order valence-electron chi connectivity index (χ2n) is 8.66. The van der Waals surface area contributed by atoms with Crippen LogP contribution in [0.3, 0.4) is 0 Å². The first-order valence-corrected chi connectivity index (χ1v) is 10.4. The summed E-state index contributed by atoms with van der Waals surface area (Å²) >= 11 is 0. The average molecular weight is 401 g/mol. The number of carbonyl (C=O) groups is 1. The smallest absolute Gasteiger partial charge is 0.341 e. The summed E-state index contributed by atoms with van der Waals surface area (Å²) in [5.41, 5.74) is 7.25. The predicted octanol–water partition coefficient (Wildman–Crippen LogP) is 3.29. The monoisotopic (exact) mass is 401 g/mol. The molecule has 0 spiro atoms. The first-order valence-electron chi connectivity index (χ1n) is 10.4. The Hall–Kier alpha value is -2.41. The van der Waals surface area contributed by atoms with Gasteiger partial charge in [0.2, 0.25) is 5.43 Å². The first kappa shape index (κ1) is 19.9. The van der Waals surface area contributed by atoms with Crippen molar-refractivity contribution in [1.82, 2.24) is 4.57 Å². The SMILES string of the molecule is CC[C@@H]1[C@H](N)CN(c2c(F)cc3c(=O)c(C(=O)O)cn(C4CC4)c3c2C)C[C@@H]1C. The number of hydrogen-bond acceptors (Lipinski definition) is 4. The van der Waals surface area contributed by atoms with Crippen LogP contribution in [0.5, 0.6) is 0 Å². The number of nitrogens with zero attached hydrogens (tertiary/aromatic N) is 2. The maximum absolute atomic E-state index is 15.3. The third kappa shape index (κ3) is 3.21. The summed E-state index contributed by atoms with van der Waals surface area (Å²) < 4.78 is 17.1. The molecule has 2 heterocycles. The minimum absolute atomic E-state index is 0.0433. The standard InChI is InChI=1S/C22H28FN3O3/c1-4-14-11(2)8-25(10-18(14)24)20-12(3)19-15(7-17(20)23)21(27)16(22(28)29)9-26(19)13-5-6-13/h7,9,11,13-14,18H,4-6,8,10,24H2,1-3H3,(H,28,29)/t11-,14-,18+/m0/s1. The Balaban J connectivity index is 1.91. The molecule has 156 valence electrons. The van der Waals surface area contributed by atoms with Crippen LogP contribution in [-0.4, -0.2) is 34.8 Å². The summed E-state index contributed by atoms with van der Waals surface area (Å²) in [7, 11) is 0. The first-order chi connectivity index (χ1) is 13.7. The van der Waals surface area contributed by atoms with Crippen molar-refractivity contribution in [2.75, 3.05) is 18.0 Å². The molecule has 3 N–H and O–H groups in total. The molecule has 6 nitrogen and oxygen atoms in total. The fourth-order valence-corrected chi connectivity index (χ4v) is 5.11. The van der Waals surface area contributed by atoms with Gasteiger partial charge in [0.15, 0.2) is 0 Å². The number of carboxylic acids is 1. The number of halogens is 1. The van der Waals surface area contributed by atoms with E-state index in [1.165, 1.54) is 12.3 Å². The van der Waals surface area contributed by atoms with Gasteiger partial charge in [-0.1, -0.05) is 20.3 Å². The molecule has 1 aromatic carbocycles. The highest BCUT2D eigenvalue weighted by Gasteiger charge is 2.34. The number of carboxylic acid groups (broad SMARTS) is 1. The van der Waals surface area contributed by atoms with Crippen LogP contribution in [-0.2, 0) is 0 Å². The number of nitrogens with two attached hydrogens (primary N) is 1. The number of pyridine rings is 1. The Kier molecular flexibility index (Phi) is 4.89. The molecule has 0 amide bonds. The molecule has 4 rings (SSSR count). The molecule has 3 atom stereocenters. The summed E-state index contributed by atoms with van der Waals surface area (Å²) in [5.74, 6) is -1.04. The molecule has 1 aliphatic heterocycles. The molecule has 1 saturated carbocycles. The van der Waals surface area contributed by atoms with Crippen molar-refractivity contribution in [3.63, 3.8) is 0 Å². The quantitative estimate of drug-likeness (QED) is 0.821. The number of aromatic carboxylic acids is 1. The molecule has 7 heteroatoms. The molecule has 2 aromatic rings. The molecule has 2 aliphatic rings. The van der Waals surface area contributed by atoms with Gasteiger partial charge in [-0.25, -0.2) is 9.18 Å². The third-order valence-electron chi connectivity index (χ3n) is 6.66. The van der Waals surface area contributed by atoms with Gasteiger partial charge in [-0.2, -0.15) is 0 Å². The molecular weight excluding hydrogens is 373 g/mol. The van der Waals surface area contributed by atoms with Crippen LogP contribution in [0.15, 0.2) is 17.1 Å². The lowest BCUT2D eigenvalue weighted by atomic mass is 9.81. The minimum Gasteiger partial charge on any atom is -0.477 e. The topological polar surface area (TPSA) is 88.6 Å². The van der Waals surface area contributed by atoms with E-state index >= 15 is 4.39 Å². The Labute approximate surface area is 169 Å². The van der Waals surface area contributed by atoms with Gasteiger partial charge in [0.05, 0.1) is 11.2 Å². The fourth-order valence-electron chi connectivity index (χ4n) is 5.11. The van der Waals surface area contributed by atoms with Crippen molar-refractivity contribution in [3.8, 4) is 0 Å². The Morgan fingerprint density at radius 1 is 1.34 bits per heavy atom. The number of fused-ring (bicyclic) bond motifs is 1. The molecular formula is C22H28FN3O3. The largest absolute Gasteiger partial charge is 0.477 e. The van der Waals surface area contributed by atoms with Crippen molar-refractivity contribution in [2.24, 2.45) is 17.6 Å². The normalized spacial score (nSPS) is 24.9. The molecule has 1 aliphatic carbocycles. The van der Waals surface area contributed by atoms with Crippen LogP contribution in [0.4, 0.5) is 10.1 Å². The highest BCUT2D eigenvalue weighted by atomic mass is 19.1. The van der Waals surface area contributed by atoms with Crippen molar-refractivity contribution in [2.45, 2.75) is 52.1 Å². The molecule has 0 unspecified atom stereocenters. The number of anilines is 1. The minimum atomic E-state index is -1.28. The van der Waals surface area contributed by atoms with Crippen LogP contribution in [0.2, 0.25) is 0 Å². The zero-order chi connectivity index (χ0) is 21.0. The van der Waals surface area contributed by atoms with E-state index in [2.05, 4.69) is 13.8 Å². The number of aromatic nitrogens is 1. The van der Waals surface area contributed by atoms with Gasteiger partial charge in [0.1, 0.15) is 11.4 Å². The summed E-state index contributed by atoms with van der Waals surface area (Å²) in [6.45, 7) is 7.37. The molecule has 1 aromatic heterocycles. The third-order valence-corrected chi connectivity index (χ3v) is 6.66. The van der Waals surface area contributed by atoms with Crippen molar-refractivity contribution in [3.05, 3.63) is 39.4 Å². The van der Waals surface area contributed by atoms with E-state index in [0.717, 1.165) is 19.3 Å². The molecule has 0 bridgehead atoms. The van der Waals surface area contributed by atoms with E-state index in [0.29, 0.717) is 41.7 Å². The van der Waals surface area contributed by atoms with Crippen LogP contribution >= 0.6 is 0 Å². The van der Waals surface area contributed by atoms with Gasteiger partial charge in [0.25, 0.3) is 0 Å². The number of aryl methyl sites for hydroxylation is 1. The molecule has 0 radical (unpaired) electrons. The summed E-state index contributed by atoms with van der Waals surface area (Å²) in [6, 6.07) is 1.33. The number of hydrogen-bond donors (Lipinski definition) is 2. The lowest BCUT2D eigenvalue weighted by Crippen LogP contribution is -2.52. The van der Waals surface area contributed by atoms with Gasteiger partial charge in [0, 0.05) is 36.8 Å². The summed E-state index contributed by atoms with van der Waals surface area (Å²) in [5, 5.41) is 9.56. The zero-order valence-corrected chi connectivity index (χ0v) is 17.1. The number of rotatable bonds is 4. The maximum atomic E-state index is 15.3. The van der Waals surface area contributed by atoms with Crippen LogP contribution in [0.25, 0.3) is 10.9 Å². The second-order valence-corrected chi connectivity index (χ2v) is 8.66.